The number of halogens is 1. The van der Waals surface area contributed by atoms with E-state index in [0.717, 1.165) is 4.31 Å². The second-order valence-electron chi connectivity index (χ2n) is 5.02. The lowest BCUT2D eigenvalue weighted by Crippen LogP contribution is -2.43. The molecule has 2 aromatic rings. The average Bonchev–Trinajstić information content (AvgIpc) is 2.54. The van der Waals surface area contributed by atoms with Crippen molar-refractivity contribution in [2.75, 3.05) is 7.05 Å². The Morgan fingerprint density at radius 2 is 1.70 bits per heavy atom. The summed E-state index contributed by atoms with van der Waals surface area (Å²) in [4.78, 5) is 11.5. The van der Waals surface area contributed by atoms with Crippen LogP contribution in [0.15, 0.2) is 59.5 Å². The Kier molecular flexibility index (Phi) is 5.12. The molecule has 0 bridgehead atoms. The molecule has 0 radical (unpaired) electrons. The van der Waals surface area contributed by atoms with Crippen molar-refractivity contribution in [3.8, 4) is 0 Å². The minimum absolute atomic E-state index is 0.0212. The number of nitrogens with zero attached hydrogens (tertiary/aromatic N) is 1. The summed E-state index contributed by atoms with van der Waals surface area (Å²) in [7, 11) is -2.71. The molecule has 0 saturated carbocycles. The highest BCUT2D eigenvalue weighted by molar-refractivity contribution is 7.89. The molecule has 23 heavy (non-hydrogen) atoms. The number of carboxylic acid groups (broad SMARTS) is 1. The van der Waals surface area contributed by atoms with E-state index in [9.17, 15) is 22.7 Å². The number of hydrogen-bond donors (Lipinski definition) is 1. The molecule has 5 nitrogen and oxygen atoms in total. The van der Waals surface area contributed by atoms with Crippen LogP contribution in [0, 0.1) is 5.82 Å². The quantitative estimate of drug-likeness (QED) is 0.876. The molecule has 1 unspecified atom stereocenters. The van der Waals surface area contributed by atoms with E-state index in [1.54, 1.807) is 18.2 Å². The summed E-state index contributed by atoms with van der Waals surface area (Å²) >= 11 is 0. The molecule has 0 aromatic heterocycles. The molecule has 0 heterocycles. The van der Waals surface area contributed by atoms with Gasteiger partial charge in [0.2, 0.25) is 10.0 Å². The Hall–Kier alpha value is -2.25. The first-order valence-corrected chi connectivity index (χ1v) is 8.26. The van der Waals surface area contributed by atoms with Gasteiger partial charge in [-0.15, -0.1) is 0 Å². The highest BCUT2D eigenvalue weighted by Gasteiger charge is 2.32. The van der Waals surface area contributed by atoms with E-state index in [2.05, 4.69) is 0 Å². The average molecular weight is 337 g/mol. The van der Waals surface area contributed by atoms with Crippen LogP contribution in [0.5, 0.6) is 0 Å². The Morgan fingerprint density at radius 3 is 2.22 bits per heavy atom. The second-order valence-corrected chi connectivity index (χ2v) is 7.02. The molecule has 7 heteroatoms. The van der Waals surface area contributed by atoms with Gasteiger partial charge >= 0.3 is 5.97 Å². The third kappa shape index (κ3) is 3.94. The van der Waals surface area contributed by atoms with Gasteiger partial charge in [0, 0.05) is 7.05 Å². The first-order valence-electron chi connectivity index (χ1n) is 6.82. The van der Waals surface area contributed by atoms with Crippen molar-refractivity contribution in [2.24, 2.45) is 0 Å². The maximum atomic E-state index is 12.9. The lowest BCUT2D eigenvalue weighted by Gasteiger charge is -2.24. The van der Waals surface area contributed by atoms with E-state index < -0.39 is 27.9 Å². The van der Waals surface area contributed by atoms with E-state index in [4.69, 9.17) is 0 Å². The molecule has 122 valence electrons. The largest absolute Gasteiger partial charge is 0.480 e. The van der Waals surface area contributed by atoms with Crippen LogP contribution in [-0.2, 0) is 21.2 Å². The molecular weight excluding hydrogens is 321 g/mol. The number of hydrogen-bond acceptors (Lipinski definition) is 3. The number of sulfonamides is 1. The third-order valence-corrected chi connectivity index (χ3v) is 5.37. The molecular formula is C16H16FNO4S. The summed E-state index contributed by atoms with van der Waals surface area (Å²) in [5.74, 6) is -1.71. The molecule has 0 aliphatic carbocycles. The van der Waals surface area contributed by atoms with Gasteiger partial charge < -0.3 is 5.11 Å². The van der Waals surface area contributed by atoms with Crippen molar-refractivity contribution in [2.45, 2.75) is 17.4 Å². The van der Waals surface area contributed by atoms with Crippen LogP contribution in [0.3, 0.4) is 0 Å². The van der Waals surface area contributed by atoms with Gasteiger partial charge in [-0.3, -0.25) is 4.79 Å². The summed E-state index contributed by atoms with van der Waals surface area (Å²) in [5.41, 5.74) is 0.536. The van der Waals surface area contributed by atoms with Crippen molar-refractivity contribution in [3.63, 3.8) is 0 Å². The SMILES string of the molecule is CN(C(Cc1ccc(F)cc1)C(=O)O)S(=O)(=O)c1ccccc1. The van der Waals surface area contributed by atoms with Gasteiger partial charge in [-0.1, -0.05) is 30.3 Å². The molecule has 0 aliphatic heterocycles. The Bertz CT molecular complexity index is 775. The van der Waals surface area contributed by atoms with E-state index in [1.165, 1.54) is 43.4 Å². The van der Waals surface area contributed by atoms with Crippen molar-refractivity contribution in [3.05, 3.63) is 66.0 Å². The number of aliphatic carboxylic acids is 1. The highest BCUT2D eigenvalue weighted by atomic mass is 32.2. The van der Waals surface area contributed by atoms with Gasteiger partial charge in [0.1, 0.15) is 11.9 Å². The zero-order valence-corrected chi connectivity index (χ0v) is 13.2. The molecule has 0 fully saturated rings. The maximum absolute atomic E-state index is 12.9. The van der Waals surface area contributed by atoms with Gasteiger partial charge in [0.05, 0.1) is 4.90 Å². The molecule has 0 saturated heterocycles. The zero-order valence-electron chi connectivity index (χ0n) is 12.4. The van der Waals surface area contributed by atoms with Crippen LogP contribution < -0.4 is 0 Å². The fourth-order valence-corrected chi connectivity index (χ4v) is 3.47. The minimum atomic E-state index is -3.93. The molecule has 0 amide bonds. The van der Waals surface area contributed by atoms with E-state index in [-0.39, 0.29) is 11.3 Å². The Morgan fingerprint density at radius 1 is 1.13 bits per heavy atom. The fraction of sp³-hybridized carbons (Fsp3) is 0.188. The van der Waals surface area contributed by atoms with Crippen LogP contribution in [0.2, 0.25) is 0 Å². The van der Waals surface area contributed by atoms with Crippen molar-refractivity contribution in [1.82, 2.24) is 4.31 Å². The number of rotatable bonds is 6. The first kappa shape index (κ1) is 17.1. The topological polar surface area (TPSA) is 74.7 Å². The van der Waals surface area contributed by atoms with Crippen LogP contribution in [-0.4, -0.2) is 36.9 Å². The van der Waals surface area contributed by atoms with Gasteiger partial charge in [-0.25, -0.2) is 12.8 Å². The van der Waals surface area contributed by atoms with Crippen LogP contribution >= 0.6 is 0 Å². The Balaban J connectivity index is 2.30. The molecule has 0 aliphatic rings. The summed E-state index contributed by atoms with van der Waals surface area (Å²) in [6, 6.07) is 11.6. The molecule has 2 aromatic carbocycles. The zero-order chi connectivity index (χ0) is 17.0. The van der Waals surface area contributed by atoms with Crippen molar-refractivity contribution < 1.29 is 22.7 Å². The summed E-state index contributed by atoms with van der Waals surface area (Å²) in [6.45, 7) is 0. The molecule has 1 N–H and O–H groups in total. The minimum Gasteiger partial charge on any atom is -0.480 e. The number of carboxylic acids is 1. The number of benzene rings is 2. The lowest BCUT2D eigenvalue weighted by molar-refractivity contribution is -0.141. The number of carbonyl (C=O) groups is 1. The van der Waals surface area contributed by atoms with Crippen molar-refractivity contribution in [1.29, 1.82) is 0 Å². The summed E-state index contributed by atoms with van der Waals surface area (Å²) in [5, 5.41) is 9.39. The molecule has 0 spiro atoms. The fourth-order valence-electron chi connectivity index (χ4n) is 2.14. The third-order valence-electron chi connectivity index (χ3n) is 3.49. The van der Waals surface area contributed by atoms with Gasteiger partial charge in [0.25, 0.3) is 0 Å². The van der Waals surface area contributed by atoms with Crippen LogP contribution in [0.25, 0.3) is 0 Å². The standard InChI is InChI=1S/C16H16FNO4S/c1-18(23(21,22)14-5-3-2-4-6-14)15(16(19)20)11-12-7-9-13(17)10-8-12/h2-10,15H,11H2,1H3,(H,19,20). The van der Waals surface area contributed by atoms with Crippen LogP contribution in [0.1, 0.15) is 5.56 Å². The maximum Gasteiger partial charge on any atom is 0.322 e. The van der Waals surface area contributed by atoms with Gasteiger partial charge in [-0.05, 0) is 36.2 Å². The second kappa shape index (κ2) is 6.89. The predicted octanol–water partition coefficient (Wildman–Crippen LogP) is 2.14. The van der Waals surface area contributed by atoms with Crippen LogP contribution in [0.4, 0.5) is 4.39 Å². The van der Waals surface area contributed by atoms with E-state index >= 15 is 0 Å². The van der Waals surface area contributed by atoms with Gasteiger partial charge in [0.15, 0.2) is 0 Å². The smallest absolute Gasteiger partial charge is 0.322 e. The summed E-state index contributed by atoms with van der Waals surface area (Å²) < 4.78 is 38.8. The number of likely N-dealkylation sites (N-methyl/N-ethyl adjacent to an activating group) is 1. The summed E-state index contributed by atoms with van der Waals surface area (Å²) in [6.07, 6.45) is -0.0574. The lowest BCUT2D eigenvalue weighted by atomic mass is 10.1. The predicted molar refractivity (Wildman–Crippen MR) is 82.9 cm³/mol. The normalized spacial score (nSPS) is 13.0. The molecule has 2 rings (SSSR count). The van der Waals surface area contributed by atoms with E-state index in [1.807, 2.05) is 0 Å². The van der Waals surface area contributed by atoms with E-state index in [0.29, 0.717) is 5.56 Å². The highest BCUT2D eigenvalue weighted by Crippen LogP contribution is 2.19. The monoisotopic (exact) mass is 337 g/mol. The molecule has 1 atom stereocenters. The van der Waals surface area contributed by atoms with Gasteiger partial charge in [-0.2, -0.15) is 4.31 Å². The first-order chi connectivity index (χ1) is 10.8. The van der Waals surface area contributed by atoms with Crippen molar-refractivity contribution >= 4 is 16.0 Å². The Labute approximate surface area is 134 Å².